The third-order valence-electron chi connectivity index (χ3n) is 5.43. The van der Waals surface area contributed by atoms with E-state index in [-0.39, 0.29) is 6.03 Å². The number of nitrogens with zero attached hydrogens (tertiary/aromatic N) is 1. The summed E-state index contributed by atoms with van der Waals surface area (Å²) in [6.45, 7) is 1.75. The molecule has 29 heavy (non-hydrogen) atoms. The van der Waals surface area contributed by atoms with Crippen molar-refractivity contribution in [2.45, 2.75) is 11.7 Å². The van der Waals surface area contributed by atoms with E-state index >= 15 is 0 Å². The van der Waals surface area contributed by atoms with Crippen LogP contribution in [0.3, 0.4) is 0 Å². The van der Waals surface area contributed by atoms with Gasteiger partial charge in [0.25, 0.3) is 0 Å². The summed E-state index contributed by atoms with van der Waals surface area (Å²) >= 11 is 1.89. The summed E-state index contributed by atoms with van der Waals surface area (Å²) in [5.74, 6) is 2.53. The van der Waals surface area contributed by atoms with Crippen molar-refractivity contribution in [2.75, 3.05) is 31.0 Å². The van der Waals surface area contributed by atoms with Crippen LogP contribution in [0.1, 0.15) is 17.2 Å². The van der Waals surface area contributed by atoms with Crippen molar-refractivity contribution < 1.29 is 14.3 Å². The zero-order chi connectivity index (χ0) is 19.6. The van der Waals surface area contributed by atoms with Crippen LogP contribution in [0, 0.1) is 0 Å². The maximum Gasteiger partial charge on any atom is 0.321 e. The minimum atomic E-state index is -0.0340. The molecule has 2 aliphatic rings. The highest BCUT2D eigenvalue weighted by Crippen LogP contribution is 2.40. The van der Waals surface area contributed by atoms with Gasteiger partial charge < -0.3 is 19.7 Å². The molecule has 2 amide bonds. The van der Waals surface area contributed by atoms with Crippen LogP contribution in [0.4, 0.5) is 10.5 Å². The van der Waals surface area contributed by atoms with Crippen LogP contribution in [0.2, 0.25) is 0 Å². The molecule has 0 aromatic heterocycles. The van der Waals surface area contributed by atoms with Crippen molar-refractivity contribution >= 4 is 34.3 Å². The van der Waals surface area contributed by atoms with Gasteiger partial charge in [-0.2, -0.15) is 11.8 Å². The van der Waals surface area contributed by atoms with Gasteiger partial charge in [-0.3, -0.25) is 0 Å². The Hall–Kier alpha value is -2.86. The molecule has 0 saturated carbocycles. The lowest BCUT2D eigenvalue weighted by molar-refractivity contribution is 0.174. The first-order valence-corrected chi connectivity index (χ1v) is 10.9. The monoisotopic (exact) mass is 406 g/mol. The smallest absolute Gasteiger partial charge is 0.321 e. The zero-order valence-corrected chi connectivity index (χ0v) is 16.8. The summed E-state index contributed by atoms with van der Waals surface area (Å²) in [7, 11) is 0. The highest BCUT2D eigenvalue weighted by molar-refractivity contribution is 7.99. The van der Waals surface area contributed by atoms with Gasteiger partial charge in [0.2, 0.25) is 6.79 Å². The number of fused-ring (bicyclic) bond motifs is 2. The van der Waals surface area contributed by atoms with Crippen LogP contribution >= 0.6 is 11.8 Å². The van der Waals surface area contributed by atoms with Crippen molar-refractivity contribution in [2.24, 2.45) is 0 Å². The van der Waals surface area contributed by atoms with E-state index in [0.29, 0.717) is 12.0 Å². The van der Waals surface area contributed by atoms with Crippen LogP contribution in [-0.4, -0.2) is 36.6 Å². The quantitative estimate of drug-likeness (QED) is 0.629. The van der Waals surface area contributed by atoms with Gasteiger partial charge in [-0.25, -0.2) is 4.79 Å². The molecule has 1 unspecified atom stereocenters. The van der Waals surface area contributed by atoms with E-state index in [2.05, 4.69) is 29.6 Å². The van der Waals surface area contributed by atoms with E-state index in [9.17, 15) is 4.79 Å². The van der Waals surface area contributed by atoms with E-state index in [0.717, 1.165) is 53.2 Å². The van der Waals surface area contributed by atoms with Gasteiger partial charge >= 0.3 is 6.03 Å². The summed E-state index contributed by atoms with van der Waals surface area (Å²) < 4.78 is 10.9. The molecule has 5 rings (SSSR count). The first-order chi connectivity index (χ1) is 14.3. The lowest BCUT2D eigenvalue weighted by atomic mass is 10.1. The number of carbonyl (C=O) groups is 1. The Labute approximate surface area is 174 Å². The van der Waals surface area contributed by atoms with Gasteiger partial charge in [0.05, 0.1) is 5.69 Å². The summed E-state index contributed by atoms with van der Waals surface area (Å²) in [5.41, 5.74) is 2.09. The first kappa shape index (κ1) is 18.2. The van der Waals surface area contributed by atoms with Crippen molar-refractivity contribution in [3.05, 3.63) is 66.2 Å². The van der Waals surface area contributed by atoms with Gasteiger partial charge in [0.15, 0.2) is 11.5 Å². The van der Waals surface area contributed by atoms with Gasteiger partial charge in [-0.1, -0.05) is 42.5 Å². The molecule has 3 aromatic rings. The normalized spacial score (nSPS) is 18.5. The number of rotatable bonds is 2. The van der Waals surface area contributed by atoms with Crippen LogP contribution in [0.15, 0.2) is 60.7 Å². The van der Waals surface area contributed by atoms with Crippen molar-refractivity contribution in [1.29, 1.82) is 0 Å². The second kappa shape index (κ2) is 7.87. The first-order valence-electron chi connectivity index (χ1n) is 9.83. The second-order valence-electron chi connectivity index (χ2n) is 7.20. The average molecular weight is 407 g/mol. The molecule has 1 atom stereocenters. The van der Waals surface area contributed by atoms with Crippen molar-refractivity contribution in [3.8, 4) is 11.5 Å². The van der Waals surface area contributed by atoms with Gasteiger partial charge in [-0.15, -0.1) is 0 Å². The Morgan fingerprint density at radius 3 is 2.83 bits per heavy atom. The predicted molar refractivity (Wildman–Crippen MR) is 117 cm³/mol. The molecule has 148 valence electrons. The Bertz CT molecular complexity index is 1050. The number of hydrogen-bond donors (Lipinski definition) is 1. The fourth-order valence-corrected chi connectivity index (χ4v) is 5.10. The number of hydrogen-bond acceptors (Lipinski definition) is 4. The molecule has 2 aliphatic heterocycles. The molecule has 0 spiro atoms. The summed E-state index contributed by atoms with van der Waals surface area (Å²) in [6, 6.07) is 20.2. The number of thioether (sulfide) groups is 1. The van der Waals surface area contributed by atoms with E-state index in [1.165, 1.54) is 5.56 Å². The number of urea groups is 1. The molecule has 5 nitrogen and oxygen atoms in total. The summed E-state index contributed by atoms with van der Waals surface area (Å²) in [5, 5.41) is 5.64. The molecule has 0 bridgehead atoms. The van der Waals surface area contributed by atoms with Gasteiger partial charge in [0.1, 0.15) is 0 Å². The van der Waals surface area contributed by atoms with Crippen LogP contribution in [0.5, 0.6) is 11.5 Å². The molecule has 0 radical (unpaired) electrons. The SMILES string of the molecule is O=C(Nc1cccc2ccccc12)N1CCSC(c2ccc3c(c2)OCO3)CC1. The third-order valence-corrected chi connectivity index (χ3v) is 6.76. The molecule has 0 aliphatic carbocycles. The Balaban J connectivity index is 1.27. The molecular formula is C23H22N2O3S. The Morgan fingerprint density at radius 1 is 1.00 bits per heavy atom. The largest absolute Gasteiger partial charge is 0.454 e. The summed E-state index contributed by atoms with van der Waals surface area (Å²) in [6.07, 6.45) is 0.910. The minimum absolute atomic E-state index is 0.0340. The van der Waals surface area contributed by atoms with E-state index in [1.807, 2.05) is 53.1 Å². The highest BCUT2D eigenvalue weighted by atomic mass is 32.2. The fourth-order valence-electron chi connectivity index (χ4n) is 3.88. The fraction of sp³-hybridized carbons (Fsp3) is 0.261. The number of carbonyl (C=O) groups excluding carboxylic acids is 1. The zero-order valence-electron chi connectivity index (χ0n) is 16.0. The van der Waals surface area contributed by atoms with Crippen molar-refractivity contribution in [1.82, 2.24) is 4.90 Å². The topological polar surface area (TPSA) is 50.8 Å². The molecular weight excluding hydrogens is 384 g/mol. The van der Waals surface area contributed by atoms with Gasteiger partial charge in [0, 0.05) is 29.5 Å². The third kappa shape index (κ3) is 3.72. The summed E-state index contributed by atoms with van der Waals surface area (Å²) in [4.78, 5) is 14.8. The van der Waals surface area contributed by atoms with Crippen LogP contribution < -0.4 is 14.8 Å². The average Bonchev–Trinajstić information content (AvgIpc) is 3.08. The molecule has 1 fully saturated rings. The lowest BCUT2D eigenvalue weighted by Crippen LogP contribution is -2.36. The molecule has 2 heterocycles. The lowest BCUT2D eigenvalue weighted by Gasteiger charge is -2.21. The molecule has 3 aromatic carbocycles. The molecule has 6 heteroatoms. The molecule has 1 N–H and O–H groups in total. The van der Waals surface area contributed by atoms with E-state index in [1.54, 1.807) is 0 Å². The second-order valence-corrected chi connectivity index (χ2v) is 8.52. The predicted octanol–water partition coefficient (Wildman–Crippen LogP) is 5.28. The molecule has 1 saturated heterocycles. The number of benzene rings is 3. The number of ether oxygens (including phenoxy) is 2. The van der Waals surface area contributed by atoms with E-state index < -0.39 is 0 Å². The maximum atomic E-state index is 12.9. The maximum absolute atomic E-state index is 12.9. The van der Waals surface area contributed by atoms with E-state index in [4.69, 9.17) is 9.47 Å². The van der Waals surface area contributed by atoms with Crippen LogP contribution in [0.25, 0.3) is 10.8 Å². The number of amides is 2. The number of anilines is 1. The Kier molecular flexibility index (Phi) is 4.94. The number of nitrogens with one attached hydrogen (secondary N) is 1. The standard InChI is InChI=1S/C23H22N2O3S/c26-23(24-19-7-3-5-16-4-1-2-6-18(16)19)25-11-10-22(29-13-12-25)17-8-9-20-21(14-17)28-15-27-20/h1-9,14,22H,10-13,15H2,(H,24,26). The minimum Gasteiger partial charge on any atom is -0.454 e. The van der Waals surface area contributed by atoms with Gasteiger partial charge in [-0.05, 0) is 35.6 Å². The van der Waals surface area contributed by atoms with Crippen LogP contribution in [-0.2, 0) is 0 Å². The Morgan fingerprint density at radius 2 is 1.86 bits per heavy atom. The highest BCUT2D eigenvalue weighted by Gasteiger charge is 2.24. The van der Waals surface area contributed by atoms with Crippen molar-refractivity contribution in [3.63, 3.8) is 0 Å².